The summed E-state index contributed by atoms with van der Waals surface area (Å²) >= 11 is 0. The van der Waals surface area contributed by atoms with Crippen LogP contribution >= 0.6 is 0 Å². The Morgan fingerprint density at radius 3 is 2.64 bits per heavy atom. The molecule has 0 spiro atoms. The van der Waals surface area contributed by atoms with Gasteiger partial charge in [-0.15, -0.1) is 0 Å². The van der Waals surface area contributed by atoms with Gasteiger partial charge in [0.15, 0.2) is 0 Å². The quantitative estimate of drug-likeness (QED) is 0.322. The second-order valence-electron chi connectivity index (χ2n) is 2.33. The van der Waals surface area contributed by atoms with Gasteiger partial charge in [-0.25, -0.2) is 4.39 Å². The predicted molar refractivity (Wildman–Crippen MR) is 43.4 cm³/mol. The molecule has 0 aliphatic rings. The second-order valence-corrected chi connectivity index (χ2v) is 2.33. The van der Waals surface area contributed by atoms with Crippen LogP contribution in [0.1, 0.15) is 5.56 Å². The van der Waals surface area contributed by atoms with E-state index in [0.717, 1.165) is 0 Å². The van der Waals surface area contributed by atoms with Crippen LogP contribution in [0.3, 0.4) is 0 Å². The summed E-state index contributed by atoms with van der Waals surface area (Å²) in [5.41, 5.74) is 9.17. The molecule has 0 amide bonds. The molecule has 1 aromatic rings. The van der Waals surface area contributed by atoms with Crippen molar-refractivity contribution in [2.24, 2.45) is 5.84 Å². The molecule has 0 aliphatic heterocycles. The van der Waals surface area contributed by atoms with Crippen molar-refractivity contribution in [2.45, 2.75) is 6.92 Å². The van der Waals surface area contributed by atoms with Crippen LogP contribution in [0.5, 0.6) is 0 Å². The van der Waals surface area contributed by atoms with Gasteiger partial charge in [0.2, 0.25) is 0 Å². The minimum atomic E-state index is -0.318. The van der Waals surface area contributed by atoms with E-state index < -0.39 is 0 Å². The summed E-state index contributed by atoms with van der Waals surface area (Å²) in [7, 11) is 0. The van der Waals surface area contributed by atoms with E-state index in [2.05, 4.69) is 5.43 Å². The van der Waals surface area contributed by atoms with Gasteiger partial charge in [-0.2, -0.15) is 0 Å². The molecule has 0 atom stereocenters. The molecule has 5 N–H and O–H groups in total. The molecule has 3 nitrogen and oxygen atoms in total. The Kier molecular flexibility index (Phi) is 1.96. The molecule has 0 radical (unpaired) electrons. The first-order chi connectivity index (χ1) is 5.15. The maximum absolute atomic E-state index is 12.7. The van der Waals surface area contributed by atoms with Crippen LogP contribution in [0.2, 0.25) is 0 Å². The van der Waals surface area contributed by atoms with Crippen molar-refractivity contribution in [1.82, 2.24) is 0 Å². The third-order valence-electron chi connectivity index (χ3n) is 1.49. The summed E-state index contributed by atoms with van der Waals surface area (Å²) < 4.78 is 12.7. The molecule has 0 aliphatic carbocycles. The fourth-order valence-electron chi connectivity index (χ4n) is 0.822. The number of hydrazine groups is 1. The van der Waals surface area contributed by atoms with Crippen molar-refractivity contribution in [3.05, 3.63) is 23.5 Å². The molecular formula is C7H10FN3. The number of halogens is 1. The molecule has 4 heteroatoms. The van der Waals surface area contributed by atoms with Crippen LogP contribution in [-0.2, 0) is 0 Å². The SMILES string of the molecule is Cc1cc(NN)c(N)cc1F. The number of anilines is 2. The van der Waals surface area contributed by atoms with Crippen LogP contribution in [0.25, 0.3) is 0 Å². The van der Waals surface area contributed by atoms with E-state index in [-0.39, 0.29) is 5.82 Å². The van der Waals surface area contributed by atoms with E-state index in [0.29, 0.717) is 16.9 Å². The largest absolute Gasteiger partial charge is 0.397 e. The number of benzene rings is 1. The highest BCUT2D eigenvalue weighted by Gasteiger charge is 2.02. The number of nitrogens with two attached hydrogens (primary N) is 2. The Labute approximate surface area is 64.2 Å². The van der Waals surface area contributed by atoms with Gasteiger partial charge in [-0.05, 0) is 24.6 Å². The van der Waals surface area contributed by atoms with Gasteiger partial charge in [-0.1, -0.05) is 0 Å². The zero-order chi connectivity index (χ0) is 8.43. The lowest BCUT2D eigenvalue weighted by Crippen LogP contribution is -2.09. The highest BCUT2D eigenvalue weighted by atomic mass is 19.1. The molecule has 11 heavy (non-hydrogen) atoms. The summed E-state index contributed by atoms with van der Waals surface area (Å²) in [6, 6.07) is 2.80. The first-order valence-electron chi connectivity index (χ1n) is 3.17. The standard InChI is InChI=1S/C7H10FN3/c1-4-2-7(11-10)6(9)3-5(4)8/h2-3,11H,9-10H2,1H3. The van der Waals surface area contributed by atoms with Crippen molar-refractivity contribution in [2.75, 3.05) is 11.2 Å². The summed E-state index contributed by atoms with van der Waals surface area (Å²) in [5, 5.41) is 0. The van der Waals surface area contributed by atoms with E-state index in [4.69, 9.17) is 11.6 Å². The molecule has 0 unspecified atom stereocenters. The van der Waals surface area contributed by atoms with Crippen molar-refractivity contribution in [3.63, 3.8) is 0 Å². The maximum atomic E-state index is 12.7. The van der Waals surface area contributed by atoms with Gasteiger partial charge in [0.1, 0.15) is 5.82 Å². The second kappa shape index (κ2) is 2.75. The number of hydrogen-bond acceptors (Lipinski definition) is 3. The first-order valence-corrected chi connectivity index (χ1v) is 3.17. The van der Waals surface area contributed by atoms with E-state index in [1.165, 1.54) is 6.07 Å². The van der Waals surface area contributed by atoms with E-state index in [1.807, 2.05) is 0 Å². The Morgan fingerprint density at radius 2 is 2.09 bits per heavy atom. The molecule has 0 aromatic heterocycles. The smallest absolute Gasteiger partial charge is 0.128 e. The van der Waals surface area contributed by atoms with Crippen LogP contribution in [-0.4, -0.2) is 0 Å². The van der Waals surface area contributed by atoms with Gasteiger partial charge in [-0.3, -0.25) is 5.84 Å². The number of rotatable bonds is 1. The van der Waals surface area contributed by atoms with E-state index in [9.17, 15) is 4.39 Å². The Balaban J connectivity index is 3.21. The zero-order valence-electron chi connectivity index (χ0n) is 6.19. The van der Waals surface area contributed by atoms with Crippen molar-refractivity contribution < 1.29 is 4.39 Å². The highest BCUT2D eigenvalue weighted by Crippen LogP contribution is 2.20. The molecule has 1 rings (SSSR count). The molecule has 0 saturated heterocycles. The van der Waals surface area contributed by atoms with Crippen LogP contribution < -0.4 is 17.0 Å². The highest BCUT2D eigenvalue weighted by molar-refractivity contribution is 5.66. The molecule has 0 saturated carbocycles. The fraction of sp³-hybridized carbons (Fsp3) is 0.143. The van der Waals surface area contributed by atoms with Crippen LogP contribution in [0.15, 0.2) is 12.1 Å². The van der Waals surface area contributed by atoms with Crippen LogP contribution in [0, 0.1) is 12.7 Å². The Hall–Kier alpha value is -1.29. The van der Waals surface area contributed by atoms with Gasteiger partial charge in [0, 0.05) is 0 Å². The first kappa shape index (κ1) is 7.81. The molecule has 1 aromatic carbocycles. The third kappa shape index (κ3) is 1.40. The molecular weight excluding hydrogens is 145 g/mol. The number of nitrogen functional groups attached to an aromatic ring is 2. The zero-order valence-corrected chi connectivity index (χ0v) is 6.19. The summed E-state index contributed by atoms with van der Waals surface area (Å²) in [6.07, 6.45) is 0. The van der Waals surface area contributed by atoms with Crippen LogP contribution in [0.4, 0.5) is 15.8 Å². The maximum Gasteiger partial charge on any atom is 0.128 e. The lowest BCUT2D eigenvalue weighted by atomic mass is 10.2. The van der Waals surface area contributed by atoms with Gasteiger partial charge in [0.25, 0.3) is 0 Å². The molecule has 0 heterocycles. The fourth-order valence-corrected chi connectivity index (χ4v) is 0.822. The average Bonchev–Trinajstić information content (AvgIpc) is 1.97. The minimum Gasteiger partial charge on any atom is -0.397 e. The van der Waals surface area contributed by atoms with Gasteiger partial charge < -0.3 is 11.2 Å². The lowest BCUT2D eigenvalue weighted by molar-refractivity contribution is 0.619. The number of aryl methyl sites for hydroxylation is 1. The topological polar surface area (TPSA) is 64.1 Å². The van der Waals surface area contributed by atoms with E-state index >= 15 is 0 Å². The molecule has 0 bridgehead atoms. The number of nitrogens with one attached hydrogen (secondary N) is 1. The average molecular weight is 155 g/mol. The Bertz CT molecular complexity index is 273. The van der Waals surface area contributed by atoms with E-state index in [1.54, 1.807) is 13.0 Å². The van der Waals surface area contributed by atoms with Gasteiger partial charge in [0.05, 0.1) is 11.4 Å². The van der Waals surface area contributed by atoms with Crippen molar-refractivity contribution in [3.8, 4) is 0 Å². The number of hydrogen-bond donors (Lipinski definition) is 3. The third-order valence-corrected chi connectivity index (χ3v) is 1.49. The monoisotopic (exact) mass is 155 g/mol. The lowest BCUT2D eigenvalue weighted by Gasteiger charge is -2.05. The summed E-state index contributed by atoms with van der Waals surface area (Å²) in [4.78, 5) is 0. The normalized spacial score (nSPS) is 9.73. The van der Waals surface area contributed by atoms with Crippen molar-refractivity contribution >= 4 is 11.4 Å². The summed E-state index contributed by atoms with van der Waals surface area (Å²) in [5.74, 6) is 4.80. The molecule has 60 valence electrons. The van der Waals surface area contributed by atoms with Crippen molar-refractivity contribution in [1.29, 1.82) is 0 Å². The molecule has 0 fully saturated rings. The predicted octanol–water partition coefficient (Wildman–Crippen LogP) is 1.00. The Morgan fingerprint density at radius 1 is 1.45 bits per heavy atom. The minimum absolute atomic E-state index is 0.315. The summed E-state index contributed by atoms with van der Waals surface area (Å²) in [6.45, 7) is 1.65. The van der Waals surface area contributed by atoms with Gasteiger partial charge >= 0.3 is 0 Å².